The minimum Gasteiger partial charge on any atom is -0.481 e. The Bertz CT molecular complexity index is 645. The maximum atomic E-state index is 14.4. The molecule has 1 fully saturated rings. The summed E-state index contributed by atoms with van der Waals surface area (Å²) in [5, 5.41) is 11.5. The Hall–Kier alpha value is -2.02. The van der Waals surface area contributed by atoms with Gasteiger partial charge in [-0.3, -0.25) is 9.59 Å². The highest BCUT2D eigenvalue weighted by Gasteiger charge is 2.43. The molecule has 0 unspecified atom stereocenters. The van der Waals surface area contributed by atoms with Gasteiger partial charge in [-0.25, -0.2) is 8.78 Å². The Kier molecular flexibility index (Phi) is 8.16. The molecule has 1 aromatic carbocycles. The van der Waals surface area contributed by atoms with Crippen LogP contribution in [0.15, 0.2) is 18.2 Å². The van der Waals surface area contributed by atoms with E-state index in [-0.39, 0.29) is 17.9 Å². The molecule has 0 saturated carbocycles. The zero-order valence-electron chi connectivity index (χ0n) is 15.4. The second-order valence-electron chi connectivity index (χ2n) is 6.99. The van der Waals surface area contributed by atoms with Gasteiger partial charge in [0, 0.05) is 37.8 Å². The fourth-order valence-electron chi connectivity index (χ4n) is 3.52. The molecule has 1 saturated heterocycles. The van der Waals surface area contributed by atoms with Gasteiger partial charge in [0.2, 0.25) is 5.91 Å². The predicted molar refractivity (Wildman–Crippen MR) is 96.4 cm³/mol. The highest BCUT2D eigenvalue weighted by atomic mass is 19.1. The number of unbranched alkanes of at least 4 members (excludes halogenated alkanes) is 4. The number of ether oxygens (including phenoxy) is 1. The average molecular weight is 383 g/mol. The lowest BCUT2D eigenvalue weighted by molar-refractivity contribution is -0.137. The normalized spacial score (nSPS) is 16.1. The smallest absolute Gasteiger partial charge is 0.303 e. The number of benzene rings is 1. The highest BCUT2D eigenvalue weighted by Crippen LogP contribution is 2.37. The highest BCUT2D eigenvalue weighted by molar-refractivity contribution is 5.88. The summed E-state index contributed by atoms with van der Waals surface area (Å²) in [6.07, 6.45) is 4.99. The first kappa shape index (κ1) is 21.3. The van der Waals surface area contributed by atoms with Gasteiger partial charge >= 0.3 is 5.97 Å². The Morgan fingerprint density at radius 2 is 1.74 bits per heavy atom. The van der Waals surface area contributed by atoms with E-state index in [1.807, 2.05) is 0 Å². The topological polar surface area (TPSA) is 75.6 Å². The van der Waals surface area contributed by atoms with Crippen LogP contribution < -0.4 is 5.32 Å². The second kappa shape index (κ2) is 10.3. The summed E-state index contributed by atoms with van der Waals surface area (Å²) in [7, 11) is 0. The Morgan fingerprint density at radius 1 is 1.07 bits per heavy atom. The molecule has 0 aliphatic carbocycles. The number of hydrogen-bond acceptors (Lipinski definition) is 3. The van der Waals surface area contributed by atoms with Crippen LogP contribution in [-0.2, 0) is 19.7 Å². The summed E-state index contributed by atoms with van der Waals surface area (Å²) in [6.45, 7) is 1.19. The first-order valence-electron chi connectivity index (χ1n) is 9.49. The van der Waals surface area contributed by atoms with Gasteiger partial charge in [0.05, 0.1) is 5.41 Å². The van der Waals surface area contributed by atoms with Crippen molar-refractivity contribution >= 4 is 11.9 Å². The van der Waals surface area contributed by atoms with E-state index >= 15 is 0 Å². The molecule has 0 radical (unpaired) electrons. The fourth-order valence-corrected chi connectivity index (χ4v) is 3.52. The van der Waals surface area contributed by atoms with E-state index in [1.165, 1.54) is 12.1 Å². The van der Waals surface area contributed by atoms with Crippen LogP contribution in [0.3, 0.4) is 0 Å². The van der Waals surface area contributed by atoms with Crippen LogP contribution in [0.4, 0.5) is 8.78 Å². The van der Waals surface area contributed by atoms with Gasteiger partial charge < -0.3 is 15.2 Å². The number of aliphatic carboxylic acids is 1. The summed E-state index contributed by atoms with van der Waals surface area (Å²) in [6, 6.07) is 3.36. The zero-order chi connectivity index (χ0) is 19.7. The van der Waals surface area contributed by atoms with Crippen molar-refractivity contribution in [2.24, 2.45) is 0 Å². The molecule has 7 heteroatoms. The van der Waals surface area contributed by atoms with Crippen molar-refractivity contribution in [3.05, 3.63) is 35.4 Å². The van der Waals surface area contributed by atoms with Crippen molar-refractivity contribution in [1.29, 1.82) is 0 Å². The van der Waals surface area contributed by atoms with E-state index < -0.39 is 23.0 Å². The second-order valence-corrected chi connectivity index (χ2v) is 6.99. The number of nitrogens with one attached hydrogen (secondary N) is 1. The number of hydrogen-bond donors (Lipinski definition) is 2. The van der Waals surface area contributed by atoms with Gasteiger partial charge in [-0.05, 0) is 31.7 Å². The monoisotopic (exact) mass is 383 g/mol. The largest absolute Gasteiger partial charge is 0.481 e. The Labute approximate surface area is 158 Å². The van der Waals surface area contributed by atoms with Crippen LogP contribution in [0.25, 0.3) is 0 Å². The van der Waals surface area contributed by atoms with E-state index in [2.05, 4.69) is 5.32 Å². The molecule has 2 N–H and O–H groups in total. The van der Waals surface area contributed by atoms with E-state index in [0.29, 0.717) is 39.0 Å². The zero-order valence-corrected chi connectivity index (χ0v) is 15.4. The summed E-state index contributed by atoms with van der Waals surface area (Å²) >= 11 is 0. The molecule has 1 aromatic rings. The van der Waals surface area contributed by atoms with Gasteiger partial charge in [-0.2, -0.15) is 0 Å². The minimum absolute atomic E-state index is 0.185. The number of amides is 1. The molecule has 0 bridgehead atoms. The lowest BCUT2D eigenvalue weighted by Crippen LogP contribution is -2.48. The minimum atomic E-state index is -1.03. The first-order chi connectivity index (χ1) is 13.0. The van der Waals surface area contributed by atoms with Gasteiger partial charge in [0.15, 0.2) is 0 Å². The molecule has 1 aliphatic heterocycles. The molecule has 1 aliphatic rings. The van der Waals surface area contributed by atoms with E-state index in [0.717, 1.165) is 31.7 Å². The number of carbonyl (C=O) groups is 2. The maximum absolute atomic E-state index is 14.4. The molecular formula is C20H27F2NO4. The lowest BCUT2D eigenvalue weighted by Gasteiger charge is -2.36. The average Bonchev–Trinajstić information content (AvgIpc) is 2.64. The van der Waals surface area contributed by atoms with Crippen molar-refractivity contribution < 1.29 is 28.2 Å². The Balaban J connectivity index is 1.87. The van der Waals surface area contributed by atoms with Gasteiger partial charge in [-0.15, -0.1) is 0 Å². The fraction of sp³-hybridized carbons (Fsp3) is 0.600. The van der Waals surface area contributed by atoms with E-state index in [9.17, 15) is 18.4 Å². The van der Waals surface area contributed by atoms with Gasteiger partial charge in [-0.1, -0.05) is 25.3 Å². The van der Waals surface area contributed by atoms with Crippen LogP contribution in [0.1, 0.15) is 56.9 Å². The quantitative estimate of drug-likeness (QED) is 0.606. The molecular weight excluding hydrogens is 356 g/mol. The predicted octanol–water partition coefficient (Wildman–Crippen LogP) is 3.55. The van der Waals surface area contributed by atoms with Crippen molar-refractivity contribution in [3.8, 4) is 0 Å². The molecule has 0 aromatic heterocycles. The first-order valence-corrected chi connectivity index (χ1v) is 9.49. The molecule has 150 valence electrons. The third kappa shape index (κ3) is 5.99. The van der Waals surface area contributed by atoms with Crippen LogP contribution in [0, 0.1) is 11.6 Å². The SMILES string of the molecule is O=C(O)CCCCCCCNC(=O)C1(c2ccc(F)cc2F)CCOCC1. The lowest BCUT2D eigenvalue weighted by atomic mass is 9.73. The number of rotatable bonds is 10. The van der Waals surface area contributed by atoms with Gasteiger partial charge in [0.1, 0.15) is 11.6 Å². The van der Waals surface area contributed by atoms with E-state index in [1.54, 1.807) is 0 Å². The number of halogens is 2. The molecule has 0 spiro atoms. The summed E-state index contributed by atoms with van der Waals surface area (Å²) in [5.74, 6) is -2.40. The van der Waals surface area contributed by atoms with Crippen LogP contribution in [0.5, 0.6) is 0 Å². The molecule has 1 heterocycles. The van der Waals surface area contributed by atoms with Crippen molar-refractivity contribution in [3.63, 3.8) is 0 Å². The van der Waals surface area contributed by atoms with Crippen LogP contribution in [0.2, 0.25) is 0 Å². The summed E-state index contributed by atoms with van der Waals surface area (Å²) in [4.78, 5) is 23.3. The van der Waals surface area contributed by atoms with Crippen molar-refractivity contribution in [1.82, 2.24) is 5.32 Å². The van der Waals surface area contributed by atoms with Crippen molar-refractivity contribution in [2.75, 3.05) is 19.8 Å². The maximum Gasteiger partial charge on any atom is 0.303 e. The summed E-state index contributed by atoms with van der Waals surface area (Å²) in [5.41, 5.74) is -0.810. The Morgan fingerprint density at radius 3 is 2.41 bits per heavy atom. The standard InChI is InChI=1S/C20H27F2NO4/c21-15-7-8-16(17(22)14-15)20(9-12-27-13-10-20)19(26)23-11-5-3-1-2-4-6-18(24)25/h7-8,14H,1-6,9-13H2,(H,23,26)(H,24,25). The number of carboxylic acids is 1. The number of carbonyl (C=O) groups excluding carboxylic acids is 1. The molecule has 2 rings (SSSR count). The van der Waals surface area contributed by atoms with Crippen molar-refractivity contribution in [2.45, 2.75) is 56.8 Å². The summed E-state index contributed by atoms with van der Waals surface area (Å²) < 4.78 is 33.0. The third-order valence-electron chi connectivity index (χ3n) is 5.08. The van der Waals surface area contributed by atoms with E-state index in [4.69, 9.17) is 9.84 Å². The van der Waals surface area contributed by atoms with Crippen LogP contribution >= 0.6 is 0 Å². The molecule has 0 atom stereocenters. The molecule has 1 amide bonds. The van der Waals surface area contributed by atoms with Gasteiger partial charge in [0.25, 0.3) is 0 Å². The van der Waals surface area contributed by atoms with Crippen LogP contribution in [-0.4, -0.2) is 36.7 Å². The molecule has 27 heavy (non-hydrogen) atoms. The number of carboxylic acid groups (broad SMARTS) is 1. The third-order valence-corrected chi connectivity index (χ3v) is 5.08. The molecule has 5 nitrogen and oxygen atoms in total.